The second-order valence-corrected chi connectivity index (χ2v) is 5.25. The van der Waals surface area contributed by atoms with E-state index in [1.54, 1.807) is 0 Å². The maximum atomic E-state index is 13.5. The molecule has 0 saturated heterocycles. The van der Waals surface area contributed by atoms with E-state index in [4.69, 9.17) is 0 Å². The van der Waals surface area contributed by atoms with Gasteiger partial charge in [0.15, 0.2) is 5.12 Å². The molecule has 20 heavy (non-hydrogen) atoms. The normalized spacial score (nSPS) is 14.9. The van der Waals surface area contributed by atoms with Crippen LogP contribution in [0.1, 0.15) is 24.2 Å². The maximum absolute atomic E-state index is 13.5. The van der Waals surface area contributed by atoms with Crippen molar-refractivity contribution in [2.45, 2.75) is 25.3 Å². The van der Waals surface area contributed by atoms with E-state index in [9.17, 15) is 32.6 Å². The Morgan fingerprint density at radius 2 is 1.95 bits per heavy atom. The van der Waals surface area contributed by atoms with Gasteiger partial charge in [0.05, 0.1) is 11.7 Å². The molecule has 0 aromatic heterocycles. The first-order chi connectivity index (χ1) is 9.12. The number of aliphatic hydroxyl groups excluding tert-OH is 2. The minimum atomic E-state index is -4.68. The summed E-state index contributed by atoms with van der Waals surface area (Å²) in [7, 11) is 0. The first kappa shape index (κ1) is 16.9. The van der Waals surface area contributed by atoms with Crippen molar-refractivity contribution in [2.24, 2.45) is 0 Å². The van der Waals surface area contributed by atoms with Gasteiger partial charge in [-0.15, -0.1) is 0 Å². The summed E-state index contributed by atoms with van der Waals surface area (Å²) in [5.74, 6) is -1.30. The largest absolute Gasteiger partial charge is 0.416 e. The first-order valence-corrected chi connectivity index (χ1v) is 6.47. The van der Waals surface area contributed by atoms with E-state index in [2.05, 4.69) is 0 Å². The van der Waals surface area contributed by atoms with E-state index in [0.29, 0.717) is 30.0 Å². The highest BCUT2D eigenvalue weighted by atomic mass is 32.2. The van der Waals surface area contributed by atoms with E-state index in [1.165, 1.54) is 6.92 Å². The van der Waals surface area contributed by atoms with Crippen molar-refractivity contribution in [3.63, 3.8) is 0 Å². The van der Waals surface area contributed by atoms with Crippen LogP contribution in [-0.4, -0.2) is 27.2 Å². The zero-order valence-corrected chi connectivity index (χ0v) is 11.1. The van der Waals surface area contributed by atoms with Gasteiger partial charge in [-0.3, -0.25) is 4.79 Å². The van der Waals surface area contributed by atoms with Crippen molar-refractivity contribution in [1.82, 2.24) is 0 Å². The van der Waals surface area contributed by atoms with Crippen LogP contribution < -0.4 is 0 Å². The van der Waals surface area contributed by atoms with Crippen molar-refractivity contribution >= 4 is 16.9 Å². The van der Waals surface area contributed by atoms with Crippen molar-refractivity contribution < 1.29 is 32.6 Å². The van der Waals surface area contributed by atoms with Gasteiger partial charge in [0, 0.05) is 18.2 Å². The lowest BCUT2D eigenvalue weighted by Crippen LogP contribution is -2.23. The molecule has 3 nitrogen and oxygen atoms in total. The Balaban J connectivity index is 2.97. The Kier molecular flexibility index (Phi) is 5.55. The SMILES string of the molecule is CC(=O)SCC(O)C(O)c1cc(C(F)(F)F)ccc1F. The highest BCUT2D eigenvalue weighted by molar-refractivity contribution is 8.13. The summed E-state index contributed by atoms with van der Waals surface area (Å²) in [6, 6.07) is 1.57. The number of alkyl halides is 3. The third-order valence-corrected chi connectivity index (χ3v) is 3.38. The molecule has 1 rings (SSSR count). The number of aliphatic hydroxyl groups is 2. The number of rotatable bonds is 4. The standard InChI is InChI=1S/C12H12F4O3S/c1-6(17)20-5-10(18)11(19)8-4-7(12(14,15)16)2-3-9(8)13/h2-4,10-11,18-19H,5H2,1H3. The monoisotopic (exact) mass is 312 g/mol. The lowest BCUT2D eigenvalue weighted by molar-refractivity contribution is -0.137. The van der Waals surface area contributed by atoms with Crippen LogP contribution in [0.3, 0.4) is 0 Å². The van der Waals surface area contributed by atoms with Crippen LogP contribution in [0.2, 0.25) is 0 Å². The molecular weight excluding hydrogens is 300 g/mol. The van der Waals surface area contributed by atoms with Gasteiger partial charge in [0.2, 0.25) is 0 Å². The number of halogens is 4. The summed E-state index contributed by atoms with van der Waals surface area (Å²) < 4.78 is 51.0. The third-order valence-electron chi connectivity index (χ3n) is 2.46. The van der Waals surface area contributed by atoms with Crippen LogP contribution in [0.25, 0.3) is 0 Å². The molecule has 0 saturated carbocycles. The van der Waals surface area contributed by atoms with E-state index >= 15 is 0 Å². The van der Waals surface area contributed by atoms with E-state index in [0.717, 1.165) is 0 Å². The summed E-state index contributed by atoms with van der Waals surface area (Å²) in [4.78, 5) is 10.7. The van der Waals surface area contributed by atoms with Crippen LogP contribution in [-0.2, 0) is 11.0 Å². The van der Waals surface area contributed by atoms with Crippen LogP contribution in [0.15, 0.2) is 18.2 Å². The minimum Gasteiger partial charge on any atom is -0.389 e. The van der Waals surface area contributed by atoms with Crippen molar-refractivity contribution in [3.05, 3.63) is 35.1 Å². The molecule has 0 spiro atoms. The Morgan fingerprint density at radius 1 is 1.35 bits per heavy atom. The van der Waals surface area contributed by atoms with Crippen molar-refractivity contribution in [3.8, 4) is 0 Å². The number of hydrogen-bond acceptors (Lipinski definition) is 4. The molecule has 0 aliphatic heterocycles. The average Bonchev–Trinajstić information content (AvgIpc) is 2.34. The van der Waals surface area contributed by atoms with Crippen molar-refractivity contribution in [1.29, 1.82) is 0 Å². The number of carbonyl (C=O) groups excluding carboxylic acids is 1. The Morgan fingerprint density at radius 3 is 2.45 bits per heavy atom. The van der Waals surface area contributed by atoms with E-state index in [1.807, 2.05) is 0 Å². The van der Waals surface area contributed by atoms with Gasteiger partial charge in [0.25, 0.3) is 0 Å². The van der Waals surface area contributed by atoms with Gasteiger partial charge in [-0.1, -0.05) is 11.8 Å². The molecule has 1 aromatic carbocycles. The molecule has 0 amide bonds. The topological polar surface area (TPSA) is 57.5 Å². The van der Waals surface area contributed by atoms with Gasteiger partial charge in [-0.2, -0.15) is 13.2 Å². The quantitative estimate of drug-likeness (QED) is 0.839. The lowest BCUT2D eigenvalue weighted by Gasteiger charge is -2.19. The second kappa shape index (κ2) is 6.55. The van der Waals surface area contributed by atoms with Gasteiger partial charge < -0.3 is 10.2 Å². The van der Waals surface area contributed by atoms with Crippen molar-refractivity contribution in [2.75, 3.05) is 5.75 Å². The summed E-state index contributed by atoms with van der Waals surface area (Å²) in [5, 5.41) is 18.9. The summed E-state index contributed by atoms with van der Waals surface area (Å²) in [6.07, 6.45) is -8.08. The molecule has 2 atom stereocenters. The van der Waals surface area contributed by atoms with Crippen LogP contribution >= 0.6 is 11.8 Å². The second-order valence-electron chi connectivity index (χ2n) is 4.05. The zero-order chi connectivity index (χ0) is 15.5. The maximum Gasteiger partial charge on any atom is 0.416 e. The fraction of sp³-hybridized carbons (Fsp3) is 0.417. The molecule has 2 unspecified atom stereocenters. The molecule has 112 valence electrons. The van der Waals surface area contributed by atoms with Crippen LogP contribution in [0, 0.1) is 5.82 Å². The van der Waals surface area contributed by atoms with E-state index in [-0.39, 0.29) is 10.9 Å². The Hall–Kier alpha value is -1.12. The highest BCUT2D eigenvalue weighted by Crippen LogP contribution is 2.32. The fourth-order valence-corrected chi connectivity index (χ4v) is 2.04. The number of carbonyl (C=O) groups is 1. The smallest absolute Gasteiger partial charge is 0.389 e. The molecule has 8 heteroatoms. The molecule has 2 N–H and O–H groups in total. The number of benzene rings is 1. The molecule has 0 aliphatic rings. The molecule has 0 radical (unpaired) electrons. The molecule has 0 fully saturated rings. The minimum absolute atomic E-state index is 0.244. The van der Waals surface area contributed by atoms with Crippen LogP contribution in [0.4, 0.5) is 17.6 Å². The summed E-state index contributed by atoms with van der Waals surface area (Å²) >= 11 is 0.684. The molecular formula is C12H12F4O3S. The lowest BCUT2D eigenvalue weighted by atomic mass is 10.0. The fourth-order valence-electron chi connectivity index (χ4n) is 1.45. The zero-order valence-electron chi connectivity index (χ0n) is 10.3. The number of hydrogen-bond donors (Lipinski definition) is 2. The number of thioether (sulfide) groups is 1. The predicted molar refractivity (Wildman–Crippen MR) is 65.5 cm³/mol. The highest BCUT2D eigenvalue weighted by Gasteiger charge is 2.32. The summed E-state index contributed by atoms with van der Waals surface area (Å²) in [5.41, 5.74) is -1.78. The van der Waals surface area contributed by atoms with Gasteiger partial charge in [-0.25, -0.2) is 4.39 Å². The Labute approximate surface area is 116 Å². The van der Waals surface area contributed by atoms with Gasteiger partial charge in [0.1, 0.15) is 11.9 Å². The first-order valence-electron chi connectivity index (χ1n) is 5.49. The van der Waals surface area contributed by atoms with Crippen LogP contribution in [0.5, 0.6) is 0 Å². The summed E-state index contributed by atoms with van der Waals surface area (Å²) in [6.45, 7) is 1.23. The molecule has 0 aliphatic carbocycles. The van der Waals surface area contributed by atoms with Gasteiger partial charge >= 0.3 is 6.18 Å². The molecule has 0 bridgehead atoms. The average molecular weight is 312 g/mol. The molecule has 1 aromatic rings. The Bertz CT molecular complexity index is 490. The van der Waals surface area contributed by atoms with Gasteiger partial charge in [-0.05, 0) is 18.2 Å². The molecule has 0 heterocycles. The van der Waals surface area contributed by atoms with E-state index < -0.39 is 35.3 Å². The predicted octanol–water partition coefficient (Wildman–Crippen LogP) is 2.52. The third kappa shape index (κ3) is 4.46.